The van der Waals surface area contributed by atoms with Gasteiger partial charge < -0.3 is 10.2 Å². The maximum Gasteiger partial charge on any atom is 0.256 e. The van der Waals surface area contributed by atoms with E-state index in [0.29, 0.717) is 12.0 Å². The molecule has 4 rings (SSSR count). The number of aryl methyl sites for hydroxylation is 1. The van der Waals surface area contributed by atoms with Gasteiger partial charge >= 0.3 is 0 Å². The van der Waals surface area contributed by atoms with Gasteiger partial charge in [0.05, 0.1) is 0 Å². The topological polar surface area (TPSA) is 49.4 Å². The summed E-state index contributed by atoms with van der Waals surface area (Å²) >= 11 is 0. The van der Waals surface area contributed by atoms with E-state index in [1.54, 1.807) is 0 Å². The first-order valence-corrected chi connectivity index (χ1v) is 8.83. The zero-order chi connectivity index (χ0) is 18.1. The zero-order valence-corrected chi connectivity index (χ0v) is 14.7. The highest BCUT2D eigenvalue weighted by molar-refractivity contribution is 6.13. The van der Waals surface area contributed by atoms with Crippen molar-refractivity contribution in [1.29, 1.82) is 0 Å². The van der Waals surface area contributed by atoms with Crippen LogP contribution in [0.4, 0.5) is 11.4 Å². The van der Waals surface area contributed by atoms with Crippen molar-refractivity contribution >= 4 is 34.0 Å². The van der Waals surface area contributed by atoms with Gasteiger partial charge in [0, 0.05) is 29.9 Å². The maximum absolute atomic E-state index is 12.8. The molecule has 130 valence electrons. The zero-order valence-electron chi connectivity index (χ0n) is 14.7. The molecular formula is C22H20N2O2. The Balaban J connectivity index is 1.60. The van der Waals surface area contributed by atoms with Crippen LogP contribution in [0.1, 0.15) is 28.8 Å². The van der Waals surface area contributed by atoms with E-state index in [9.17, 15) is 9.59 Å². The lowest BCUT2D eigenvalue weighted by atomic mass is 10.0. The molecule has 1 heterocycles. The lowest BCUT2D eigenvalue weighted by Crippen LogP contribution is -2.24. The van der Waals surface area contributed by atoms with Crippen molar-refractivity contribution in [1.82, 2.24) is 0 Å². The average molecular weight is 344 g/mol. The minimum atomic E-state index is -0.133. The molecule has 4 nitrogen and oxygen atoms in total. The third-order valence-corrected chi connectivity index (χ3v) is 4.85. The van der Waals surface area contributed by atoms with Crippen LogP contribution in [0.5, 0.6) is 0 Å². The molecule has 0 unspecified atom stereocenters. The first-order chi connectivity index (χ1) is 12.6. The van der Waals surface area contributed by atoms with Crippen molar-refractivity contribution in [3.63, 3.8) is 0 Å². The number of nitrogens with one attached hydrogen (secondary N) is 1. The van der Waals surface area contributed by atoms with Crippen molar-refractivity contribution < 1.29 is 9.59 Å². The Labute approximate surface area is 152 Å². The number of fused-ring (bicyclic) bond motifs is 1. The number of hydrogen-bond acceptors (Lipinski definition) is 2. The molecule has 1 aliphatic rings. The van der Waals surface area contributed by atoms with Gasteiger partial charge in [0.15, 0.2) is 0 Å². The van der Waals surface area contributed by atoms with Crippen molar-refractivity contribution in [3.05, 3.63) is 71.8 Å². The Morgan fingerprint density at radius 1 is 1.04 bits per heavy atom. The summed E-state index contributed by atoms with van der Waals surface area (Å²) in [6.07, 6.45) is 1.51. The summed E-state index contributed by atoms with van der Waals surface area (Å²) in [4.78, 5) is 26.5. The van der Waals surface area contributed by atoms with Gasteiger partial charge in [0.25, 0.3) is 5.91 Å². The minimum Gasteiger partial charge on any atom is -0.322 e. The molecule has 1 aliphatic heterocycles. The molecule has 0 bridgehead atoms. The second-order valence-electron chi connectivity index (χ2n) is 6.63. The molecule has 0 atom stereocenters. The fraction of sp³-hybridized carbons (Fsp3) is 0.182. The van der Waals surface area contributed by atoms with Crippen LogP contribution < -0.4 is 10.2 Å². The average Bonchev–Trinajstić information content (AvgIpc) is 3.07. The second-order valence-corrected chi connectivity index (χ2v) is 6.63. The predicted molar refractivity (Wildman–Crippen MR) is 105 cm³/mol. The number of hydrogen-bond donors (Lipinski definition) is 1. The van der Waals surface area contributed by atoms with E-state index in [0.717, 1.165) is 40.7 Å². The summed E-state index contributed by atoms with van der Waals surface area (Å²) in [5, 5.41) is 4.95. The third-order valence-electron chi connectivity index (χ3n) is 4.85. The number of anilines is 2. The number of carbonyl (C=O) groups is 2. The molecule has 3 aromatic rings. The lowest BCUT2D eigenvalue weighted by molar-refractivity contribution is -0.117. The van der Waals surface area contributed by atoms with Crippen LogP contribution in [0.3, 0.4) is 0 Å². The monoisotopic (exact) mass is 344 g/mol. The van der Waals surface area contributed by atoms with Crippen molar-refractivity contribution in [2.45, 2.75) is 19.8 Å². The first-order valence-electron chi connectivity index (χ1n) is 8.83. The Kier molecular flexibility index (Phi) is 4.17. The predicted octanol–water partition coefficient (Wildman–Crippen LogP) is 4.53. The summed E-state index contributed by atoms with van der Waals surface area (Å²) in [6, 6.07) is 19.3. The van der Waals surface area contributed by atoms with Gasteiger partial charge in [-0.15, -0.1) is 0 Å². The fourth-order valence-electron chi connectivity index (χ4n) is 3.56. The van der Waals surface area contributed by atoms with Crippen molar-refractivity contribution in [3.8, 4) is 0 Å². The SMILES string of the molecule is Cc1cc(NC(=O)c2cccc3ccccc23)ccc1N1CCCC1=O. The summed E-state index contributed by atoms with van der Waals surface area (Å²) in [7, 11) is 0. The molecule has 0 aliphatic carbocycles. The Morgan fingerprint density at radius 2 is 1.85 bits per heavy atom. The third kappa shape index (κ3) is 2.94. The largest absolute Gasteiger partial charge is 0.322 e. The van der Waals surface area contributed by atoms with Crippen LogP contribution in [-0.4, -0.2) is 18.4 Å². The van der Waals surface area contributed by atoms with Gasteiger partial charge in [0.1, 0.15) is 0 Å². The molecule has 1 saturated heterocycles. The number of amides is 2. The molecule has 0 aromatic heterocycles. The summed E-state index contributed by atoms with van der Waals surface area (Å²) < 4.78 is 0. The fourth-order valence-corrected chi connectivity index (χ4v) is 3.56. The van der Waals surface area contributed by atoms with E-state index >= 15 is 0 Å². The van der Waals surface area contributed by atoms with E-state index in [4.69, 9.17) is 0 Å². The second kappa shape index (κ2) is 6.64. The van der Waals surface area contributed by atoms with Gasteiger partial charge in [0.2, 0.25) is 5.91 Å². The maximum atomic E-state index is 12.8. The van der Waals surface area contributed by atoms with E-state index < -0.39 is 0 Å². The standard InChI is InChI=1S/C22H20N2O2/c1-15-14-17(11-12-20(15)24-13-5-10-21(24)25)23-22(26)19-9-4-7-16-6-2-3-8-18(16)19/h2-4,6-9,11-12,14H,5,10,13H2,1H3,(H,23,26). The van der Waals surface area contributed by atoms with Gasteiger partial charge in [-0.2, -0.15) is 0 Å². The van der Waals surface area contributed by atoms with Crippen LogP contribution in [0.25, 0.3) is 10.8 Å². The Morgan fingerprint density at radius 3 is 2.62 bits per heavy atom. The van der Waals surface area contributed by atoms with Gasteiger partial charge in [-0.3, -0.25) is 9.59 Å². The Bertz CT molecular complexity index is 1000. The van der Waals surface area contributed by atoms with E-state index in [1.807, 2.05) is 72.5 Å². The number of benzene rings is 3. The van der Waals surface area contributed by atoms with E-state index in [1.165, 1.54) is 0 Å². The molecule has 0 spiro atoms. The van der Waals surface area contributed by atoms with Gasteiger partial charge in [-0.1, -0.05) is 36.4 Å². The number of carbonyl (C=O) groups excluding carboxylic acids is 2. The summed E-state index contributed by atoms with van der Waals surface area (Å²) in [6.45, 7) is 2.73. The first kappa shape index (κ1) is 16.3. The minimum absolute atomic E-state index is 0.133. The van der Waals surface area contributed by atoms with Crippen LogP contribution in [-0.2, 0) is 4.79 Å². The van der Waals surface area contributed by atoms with Gasteiger partial charge in [-0.05, 0) is 53.9 Å². The highest BCUT2D eigenvalue weighted by Crippen LogP contribution is 2.28. The quantitative estimate of drug-likeness (QED) is 0.759. The normalized spacial score (nSPS) is 14.0. The highest BCUT2D eigenvalue weighted by atomic mass is 16.2. The van der Waals surface area contributed by atoms with Crippen molar-refractivity contribution in [2.75, 3.05) is 16.8 Å². The van der Waals surface area contributed by atoms with Gasteiger partial charge in [-0.25, -0.2) is 0 Å². The van der Waals surface area contributed by atoms with Crippen LogP contribution in [0, 0.1) is 6.92 Å². The lowest BCUT2D eigenvalue weighted by Gasteiger charge is -2.19. The molecule has 2 amide bonds. The van der Waals surface area contributed by atoms with Crippen LogP contribution in [0.2, 0.25) is 0 Å². The molecular weight excluding hydrogens is 324 g/mol. The molecule has 3 aromatic carbocycles. The van der Waals surface area contributed by atoms with Crippen LogP contribution in [0.15, 0.2) is 60.7 Å². The van der Waals surface area contributed by atoms with E-state index in [-0.39, 0.29) is 11.8 Å². The number of rotatable bonds is 3. The molecule has 0 saturated carbocycles. The Hall–Kier alpha value is -3.14. The molecule has 26 heavy (non-hydrogen) atoms. The number of nitrogens with zero attached hydrogens (tertiary/aromatic N) is 1. The molecule has 1 fully saturated rings. The highest BCUT2D eigenvalue weighted by Gasteiger charge is 2.23. The van der Waals surface area contributed by atoms with Crippen LogP contribution >= 0.6 is 0 Å². The molecule has 1 N–H and O–H groups in total. The van der Waals surface area contributed by atoms with Crippen molar-refractivity contribution in [2.24, 2.45) is 0 Å². The summed E-state index contributed by atoms with van der Waals surface area (Å²) in [5.74, 6) is 0.0341. The summed E-state index contributed by atoms with van der Waals surface area (Å²) in [5.41, 5.74) is 3.29. The smallest absolute Gasteiger partial charge is 0.256 e. The molecule has 0 radical (unpaired) electrons. The molecule has 4 heteroatoms. The van der Waals surface area contributed by atoms with E-state index in [2.05, 4.69) is 5.32 Å².